The van der Waals surface area contributed by atoms with Crippen molar-refractivity contribution in [3.05, 3.63) is 65.7 Å². The highest BCUT2D eigenvalue weighted by atomic mass is 16.5. The zero-order valence-corrected chi connectivity index (χ0v) is 13.2. The third-order valence-corrected chi connectivity index (χ3v) is 3.24. The predicted octanol–water partition coefficient (Wildman–Crippen LogP) is 1.56. The van der Waals surface area contributed by atoms with Crippen molar-refractivity contribution in [3.8, 4) is 0 Å². The predicted molar refractivity (Wildman–Crippen MR) is 90.6 cm³/mol. The molecule has 0 heterocycles. The number of nitrogens with one attached hydrogen (secondary N) is 2. The lowest BCUT2D eigenvalue weighted by Crippen LogP contribution is -2.28. The Morgan fingerprint density at radius 2 is 1.71 bits per heavy atom. The first-order chi connectivity index (χ1) is 11.7. The van der Waals surface area contributed by atoms with Gasteiger partial charge in [-0.15, -0.1) is 0 Å². The number of esters is 1. The Morgan fingerprint density at radius 1 is 1.00 bits per heavy atom. The number of rotatable bonds is 8. The van der Waals surface area contributed by atoms with E-state index < -0.39 is 5.97 Å². The molecule has 0 radical (unpaired) electrons. The minimum atomic E-state index is -0.592. The van der Waals surface area contributed by atoms with Crippen molar-refractivity contribution >= 4 is 17.6 Å². The summed E-state index contributed by atoms with van der Waals surface area (Å²) in [6, 6.07) is 16.3. The van der Waals surface area contributed by atoms with Gasteiger partial charge in [0.1, 0.15) is 0 Å². The molecule has 6 nitrogen and oxygen atoms in total. The van der Waals surface area contributed by atoms with Gasteiger partial charge < -0.3 is 20.5 Å². The highest BCUT2D eigenvalue weighted by Gasteiger charge is 2.13. The first-order valence-electron chi connectivity index (χ1n) is 7.62. The molecule has 0 unspecified atom stereocenters. The largest absolute Gasteiger partial charge is 0.452 e. The van der Waals surface area contributed by atoms with E-state index >= 15 is 0 Å². The van der Waals surface area contributed by atoms with E-state index in [1.54, 1.807) is 24.3 Å². The van der Waals surface area contributed by atoms with Gasteiger partial charge in [-0.05, 0) is 17.7 Å². The SMILES string of the molecule is O=C(COC(=O)c1ccccc1NCCO)NCc1ccccc1. The number of hydrogen-bond donors (Lipinski definition) is 3. The van der Waals surface area contributed by atoms with E-state index in [4.69, 9.17) is 9.84 Å². The quantitative estimate of drug-likeness (QED) is 0.640. The third kappa shape index (κ3) is 5.40. The van der Waals surface area contributed by atoms with E-state index in [0.717, 1.165) is 5.56 Å². The second kappa shape index (κ2) is 9.32. The number of carbonyl (C=O) groups excluding carboxylic acids is 2. The lowest BCUT2D eigenvalue weighted by molar-refractivity contribution is -0.124. The van der Waals surface area contributed by atoms with Crippen LogP contribution < -0.4 is 10.6 Å². The highest BCUT2D eigenvalue weighted by molar-refractivity contribution is 5.96. The Bertz CT molecular complexity index is 674. The van der Waals surface area contributed by atoms with Gasteiger partial charge >= 0.3 is 5.97 Å². The molecule has 2 aromatic rings. The summed E-state index contributed by atoms with van der Waals surface area (Å²) in [6.07, 6.45) is 0. The van der Waals surface area contributed by atoms with E-state index in [2.05, 4.69) is 10.6 Å². The maximum absolute atomic E-state index is 12.1. The molecule has 126 valence electrons. The number of anilines is 1. The molecule has 0 bridgehead atoms. The minimum absolute atomic E-state index is 0.0503. The van der Waals surface area contributed by atoms with Gasteiger partial charge in [0.25, 0.3) is 5.91 Å². The van der Waals surface area contributed by atoms with Crippen LogP contribution in [0.15, 0.2) is 54.6 Å². The maximum Gasteiger partial charge on any atom is 0.340 e. The third-order valence-electron chi connectivity index (χ3n) is 3.24. The van der Waals surface area contributed by atoms with E-state index in [-0.39, 0.29) is 19.1 Å². The van der Waals surface area contributed by atoms with Gasteiger partial charge in [0.2, 0.25) is 0 Å². The number of benzene rings is 2. The van der Waals surface area contributed by atoms with Crippen LogP contribution in [-0.2, 0) is 16.1 Å². The first kappa shape index (κ1) is 17.5. The topological polar surface area (TPSA) is 87.7 Å². The maximum atomic E-state index is 12.1. The van der Waals surface area contributed by atoms with Crippen molar-refractivity contribution < 1.29 is 19.4 Å². The van der Waals surface area contributed by atoms with Crippen LogP contribution in [0.5, 0.6) is 0 Å². The van der Waals surface area contributed by atoms with Gasteiger partial charge in [0, 0.05) is 18.8 Å². The van der Waals surface area contributed by atoms with Gasteiger partial charge in [-0.25, -0.2) is 4.79 Å². The molecule has 0 spiro atoms. The molecular weight excluding hydrogens is 308 g/mol. The van der Waals surface area contributed by atoms with Crippen molar-refractivity contribution in [2.24, 2.45) is 0 Å². The Balaban J connectivity index is 1.83. The molecule has 6 heteroatoms. The van der Waals surface area contributed by atoms with Crippen LogP contribution in [-0.4, -0.2) is 36.7 Å². The molecule has 0 aliphatic carbocycles. The molecule has 1 amide bonds. The van der Waals surface area contributed by atoms with Crippen LogP contribution in [0.25, 0.3) is 0 Å². The zero-order valence-electron chi connectivity index (χ0n) is 13.2. The van der Waals surface area contributed by atoms with Crippen LogP contribution in [0.1, 0.15) is 15.9 Å². The number of amides is 1. The van der Waals surface area contributed by atoms with Crippen molar-refractivity contribution in [2.45, 2.75) is 6.54 Å². The molecule has 0 saturated carbocycles. The molecule has 3 N–H and O–H groups in total. The second-order valence-corrected chi connectivity index (χ2v) is 5.03. The van der Waals surface area contributed by atoms with Crippen LogP contribution in [0.2, 0.25) is 0 Å². The molecular formula is C18H20N2O4. The fraction of sp³-hybridized carbons (Fsp3) is 0.222. The van der Waals surface area contributed by atoms with Gasteiger partial charge in [0.15, 0.2) is 6.61 Å². The van der Waals surface area contributed by atoms with Crippen LogP contribution in [0, 0.1) is 0 Å². The number of para-hydroxylation sites is 1. The number of hydrogen-bond acceptors (Lipinski definition) is 5. The van der Waals surface area contributed by atoms with Crippen LogP contribution in [0.4, 0.5) is 5.69 Å². The lowest BCUT2D eigenvalue weighted by atomic mass is 10.2. The van der Waals surface area contributed by atoms with Crippen molar-refractivity contribution in [2.75, 3.05) is 25.1 Å². The average Bonchev–Trinajstić information content (AvgIpc) is 2.63. The summed E-state index contributed by atoms with van der Waals surface area (Å²) in [6.45, 7) is 0.305. The summed E-state index contributed by atoms with van der Waals surface area (Å²) in [5.74, 6) is -0.959. The summed E-state index contributed by atoms with van der Waals surface area (Å²) in [5, 5.41) is 14.5. The number of aliphatic hydroxyl groups is 1. The Hall–Kier alpha value is -2.86. The number of carbonyl (C=O) groups is 2. The summed E-state index contributed by atoms with van der Waals surface area (Å²) in [5.41, 5.74) is 1.85. The smallest absolute Gasteiger partial charge is 0.340 e. The van der Waals surface area contributed by atoms with Crippen molar-refractivity contribution in [1.82, 2.24) is 5.32 Å². The zero-order chi connectivity index (χ0) is 17.2. The minimum Gasteiger partial charge on any atom is -0.452 e. The molecule has 0 aromatic heterocycles. The molecule has 0 aliphatic heterocycles. The molecule has 0 saturated heterocycles. The fourth-order valence-corrected chi connectivity index (χ4v) is 2.06. The fourth-order valence-electron chi connectivity index (χ4n) is 2.06. The molecule has 2 aromatic carbocycles. The monoisotopic (exact) mass is 328 g/mol. The van der Waals surface area contributed by atoms with Gasteiger partial charge in [-0.2, -0.15) is 0 Å². The molecule has 24 heavy (non-hydrogen) atoms. The van der Waals surface area contributed by atoms with Crippen LogP contribution in [0.3, 0.4) is 0 Å². The van der Waals surface area contributed by atoms with Crippen molar-refractivity contribution in [3.63, 3.8) is 0 Å². The Kier molecular flexibility index (Phi) is 6.79. The van der Waals surface area contributed by atoms with Gasteiger partial charge in [-0.1, -0.05) is 42.5 Å². The molecule has 2 rings (SSSR count). The van der Waals surface area contributed by atoms with Gasteiger partial charge in [-0.3, -0.25) is 4.79 Å². The summed E-state index contributed by atoms with van der Waals surface area (Å²) < 4.78 is 5.05. The second-order valence-electron chi connectivity index (χ2n) is 5.03. The Morgan fingerprint density at radius 3 is 2.46 bits per heavy atom. The Labute approximate surface area is 140 Å². The summed E-state index contributed by atoms with van der Waals surface area (Å²) in [7, 11) is 0. The lowest BCUT2D eigenvalue weighted by Gasteiger charge is -2.11. The van der Waals surface area contributed by atoms with Crippen molar-refractivity contribution in [1.29, 1.82) is 0 Å². The average molecular weight is 328 g/mol. The normalized spacial score (nSPS) is 10.0. The molecule has 0 atom stereocenters. The standard InChI is InChI=1S/C18H20N2O4/c21-11-10-19-16-9-5-4-8-15(16)18(23)24-13-17(22)20-12-14-6-2-1-3-7-14/h1-9,19,21H,10-13H2,(H,20,22). The van der Waals surface area contributed by atoms with E-state index in [0.29, 0.717) is 24.3 Å². The van der Waals surface area contributed by atoms with Gasteiger partial charge in [0.05, 0.1) is 12.2 Å². The summed E-state index contributed by atoms with van der Waals surface area (Å²) in [4.78, 5) is 23.9. The molecule has 0 aliphatic rings. The number of ether oxygens (including phenoxy) is 1. The summed E-state index contributed by atoms with van der Waals surface area (Å²) >= 11 is 0. The van der Waals surface area contributed by atoms with E-state index in [9.17, 15) is 9.59 Å². The van der Waals surface area contributed by atoms with Crippen LogP contribution >= 0.6 is 0 Å². The first-order valence-corrected chi connectivity index (χ1v) is 7.62. The number of aliphatic hydroxyl groups excluding tert-OH is 1. The highest BCUT2D eigenvalue weighted by Crippen LogP contribution is 2.15. The van der Waals surface area contributed by atoms with E-state index in [1.807, 2.05) is 30.3 Å². The van der Waals surface area contributed by atoms with E-state index in [1.165, 1.54) is 0 Å². The molecule has 0 fully saturated rings.